The van der Waals surface area contributed by atoms with Crippen molar-refractivity contribution in [2.45, 2.75) is 43.7 Å². The van der Waals surface area contributed by atoms with Crippen LogP contribution in [0.2, 0.25) is 0 Å². The van der Waals surface area contributed by atoms with Crippen molar-refractivity contribution < 1.29 is 17.9 Å². The number of carbonyl (C=O) groups excluding carboxylic acids is 1. The van der Waals surface area contributed by atoms with E-state index in [1.807, 2.05) is 48.0 Å². The van der Waals surface area contributed by atoms with Crippen LogP contribution in [0.1, 0.15) is 37.8 Å². The number of rotatable bonds is 7. The number of fused-ring (bicyclic) bond motifs is 1. The molecule has 1 aliphatic heterocycles. The highest BCUT2D eigenvalue weighted by atomic mass is 32.2. The van der Waals surface area contributed by atoms with Crippen molar-refractivity contribution in [2.75, 3.05) is 20.2 Å². The van der Waals surface area contributed by atoms with Gasteiger partial charge in [-0.2, -0.15) is 4.31 Å². The van der Waals surface area contributed by atoms with Gasteiger partial charge in [-0.05, 0) is 50.1 Å². The number of aromatic nitrogens is 1. The minimum atomic E-state index is -3.49. The van der Waals surface area contributed by atoms with Gasteiger partial charge in [0.2, 0.25) is 15.9 Å². The first kappa shape index (κ1) is 22.4. The molecule has 1 unspecified atom stereocenters. The number of methoxy groups -OCH3 is 1. The highest BCUT2D eigenvalue weighted by Crippen LogP contribution is 2.27. The summed E-state index contributed by atoms with van der Waals surface area (Å²) >= 11 is 0. The van der Waals surface area contributed by atoms with Gasteiger partial charge in [0.15, 0.2) is 0 Å². The molecular weight excluding hydrogens is 426 g/mol. The molecule has 1 saturated heterocycles. The van der Waals surface area contributed by atoms with Crippen LogP contribution in [0.4, 0.5) is 0 Å². The summed E-state index contributed by atoms with van der Waals surface area (Å²) in [6.45, 7) is 3.34. The van der Waals surface area contributed by atoms with Crippen LogP contribution in [0.15, 0.2) is 59.6 Å². The predicted molar refractivity (Wildman–Crippen MR) is 124 cm³/mol. The van der Waals surface area contributed by atoms with Crippen LogP contribution in [-0.4, -0.2) is 43.4 Å². The lowest BCUT2D eigenvalue weighted by Gasteiger charge is -2.26. The third kappa shape index (κ3) is 4.38. The molecule has 1 aliphatic rings. The summed E-state index contributed by atoms with van der Waals surface area (Å²) < 4.78 is 34.8. The first-order valence-corrected chi connectivity index (χ1v) is 12.4. The van der Waals surface area contributed by atoms with Crippen LogP contribution >= 0.6 is 0 Å². The summed E-state index contributed by atoms with van der Waals surface area (Å²) in [6.07, 6.45) is 4.71. The van der Waals surface area contributed by atoms with Crippen molar-refractivity contribution in [1.29, 1.82) is 0 Å². The molecule has 1 fully saturated rings. The minimum absolute atomic E-state index is 0.126. The molecule has 8 heteroatoms. The summed E-state index contributed by atoms with van der Waals surface area (Å²) in [7, 11) is -1.89. The molecule has 0 spiro atoms. The van der Waals surface area contributed by atoms with E-state index in [0.717, 1.165) is 41.5 Å². The van der Waals surface area contributed by atoms with E-state index < -0.39 is 16.1 Å². The first-order chi connectivity index (χ1) is 15.4. The Hall–Kier alpha value is -2.84. The van der Waals surface area contributed by atoms with Crippen molar-refractivity contribution in [3.05, 3.63) is 60.3 Å². The van der Waals surface area contributed by atoms with Gasteiger partial charge in [0.05, 0.1) is 12.0 Å². The summed E-state index contributed by atoms with van der Waals surface area (Å²) in [5.74, 6) is 0.604. The van der Waals surface area contributed by atoms with Gasteiger partial charge in [-0.15, -0.1) is 0 Å². The van der Waals surface area contributed by atoms with E-state index in [1.54, 1.807) is 29.6 Å². The second-order valence-electron chi connectivity index (χ2n) is 8.11. The van der Waals surface area contributed by atoms with Gasteiger partial charge >= 0.3 is 0 Å². The minimum Gasteiger partial charge on any atom is -0.496 e. The average molecular weight is 456 g/mol. The standard InChI is InChI=1S/C24H29N3O4S/c1-18(24(28)25-17-20-8-4-5-9-23(20)31-2)27-15-12-19-16-21(10-11-22(19)27)32(29,30)26-13-6-3-7-14-26/h4-5,8-12,15-16,18H,3,6-7,13-14,17H2,1-2H3,(H,25,28). The molecule has 0 radical (unpaired) electrons. The van der Waals surface area contributed by atoms with E-state index in [2.05, 4.69) is 5.32 Å². The molecule has 32 heavy (non-hydrogen) atoms. The Kier molecular flexibility index (Phi) is 6.53. The van der Waals surface area contributed by atoms with Crippen LogP contribution in [0.25, 0.3) is 10.9 Å². The van der Waals surface area contributed by atoms with Crippen molar-refractivity contribution in [3.63, 3.8) is 0 Å². The Morgan fingerprint density at radius 2 is 1.84 bits per heavy atom. The largest absolute Gasteiger partial charge is 0.496 e. The molecule has 0 saturated carbocycles. The van der Waals surface area contributed by atoms with Crippen molar-refractivity contribution >= 4 is 26.8 Å². The van der Waals surface area contributed by atoms with E-state index >= 15 is 0 Å². The maximum absolute atomic E-state index is 13.0. The van der Waals surface area contributed by atoms with Crippen LogP contribution in [0.3, 0.4) is 0 Å². The fourth-order valence-corrected chi connectivity index (χ4v) is 5.75. The molecule has 2 heterocycles. The molecule has 1 amide bonds. The van der Waals surface area contributed by atoms with Crippen LogP contribution in [0, 0.1) is 0 Å². The van der Waals surface area contributed by atoms with Crippen molar-refractivity contribution in [1.82, 2.24) is 14.2 Å². The lowest BCUT2D eigenvalue weighted by atomic mass is 10.2. The number of hydrogen-bond donors (Lipinski definition) is 1. The number of para-hydroxylation sites is 1. The molecule has 1 N–H and O–H groups in total. The van der Waals surface area contributed by atoms with E-state index in [1.165, 1.54) is 0 Å². The zero-order chi connectivity index (χ0) is 22.7. The highest BCUT2D eigenvalue weighted by molar-refractivity contribution is 7.89. The number of carbonyl (C=O) groups is 1. The van der Waals surface area contributed by atoms with Gasteiger partial charge < -0.3 is 14.6 Å². The van der Waals surface area contributed by atoms with E-state index in [4.69, 9.17) is 4.74 Å². The van der Waals surface area contributed by atoms with E-state index in [0.29, 0.717) is 24.5 Å². The maximum atomic E-state index is 13.0. The third-order valence-corrected chi connectivity index (χ3v) is 7.98. The number of amides is 1. The molecular formula is C24H29N3O4S. The Bertz CT molecular complexity index is 1210. The van der Waals surface area contributed by atoms with Gasteiger partial charge in [0, 0.05) is 42.3 Å². The summed E-state index contributed by atoms with van der Waals surface area (Å²) in [5.41, 5.74) is 1.73. The fraction of sp³-hybridized carbons (Fsp3) is 0.375. The van der Waals surface area contributed by atoms with E-state index in [9.17, 15) is 13.2 Å². The van der Waals surface area contributed by atoms with Crippen LogP contribution in [0.5, 0.6) is 5.75 Å². The SMILES string of the molecule is COc1ccccc1CNC(=O)C(C)n1ccc2cc(S(=O)(=O)N3CCCCC3)ccc21. The maximum Gasteiger partial charge on any atom is 0.243 e. The van der Waals surface area contributed by atoms with E-state index in [-0.39, 0.29) is 5.91 Å². The van der Waals surface area contributed by atoms with Gasteiger partial charge in [0.25, 0.3) is 0 Å². The highest BCUT2D eigenvalue weighted by Gasteiger charge is 2.26. The van der Waals surface area contributed by atoms with Gasteiger partial charge in [-0.3, -0.25) is 4.79 Å². The molecule has 7 nitrogen and oxygen atoms in total. The molecule has 2 aromatic carbocycles. The number of benzene rings is 2. The molecule has 0 bridgehead atoms. The van der Waals surface area contributed by atoms with Crippen LogP contribution in [-0.2, 0) is 21.4 Å². The average Bonchev–Trinajstić information content (AvgIpc) is 3.26. The lowest BCUT2D eigenvalue weighted by Crippen LogP contribution is -2.35. The zero-order valence-corrected chi connectivity index (χ0v) is 19.3. The normalized spacial score (nSPS) is 16.1. The molecule has 170 valence electrons. The second-order valence-corrected chi connectivity index (χ2v) is 10.1. The first-order valence-electron chi connectivity index (χ1n) is 10.9. The third-order valence-electron chi connectivity index (χ3n) is 6.09. The van der Waals surface area contributed by atoms with Gasteiger partial charge in [-0.1, -0.05) is 24.6 Å². The Morgan fingerprint density at radius 1 is 1.09 bits per heavy atom. The topological polar surface area (TPSA) is 80.6 Å². The Labute approximate surface area is 189 Å². The van der Waals surface area contributed by atoms with Gasteiger partial charge in [-0.25, -0.2) is 8.42 Å². The lowest BCUT2D eigenvalue weighted by molar-refractivity contribution is -0.123. The number of piperidine rings is 1. The second kappa shape index (κ2) is 9.34. The number of ether oxygens (including phenoxy) is 1. The molecule has 1 atom stereocenters. The van der Waals surface area contributed by atoms with Crippen molar-refractivity contribution in [2.24, 2.45) is 0 Å². The molecule has 1 aromatic heterocycles. The summed E-state index contributed by atoms with van der Waals surface area (Å²) in [4.78, 5) is 13.1. The molecule has 0 aliphatic carbocycles. The van der Waals surface area contributed by atoms with Gasteiger partial charge in [0.1, 0.15) is 11.8 Å². The number of hydrogen-bond acceptors (Lipinski definition) is 4. The quantitative estimate of drug-likeness (QED) is 0.589. The number of nitrogens with zero attached hydrogens (tertiary/aromatic N) is 2. The monoisotopic (exact) mass is 455 g/mol. The smallest absolute Gasteiger partial charge is 0.243 e. The fourth-order valence-electron chi connectivity index (χ4n) is 4.20. The number of sulfonamides is 1. The molecule has 4 rings (SSSR count). The Balaban J connectivity index is 1.51. The summed E-state index contributed by atoms with van der Waals surface area (Å²) in [6, 6.07) is 14.1. The predicted octanol–water partition coefficient (Wildman–Crippen LogP) is 3.70. The van der Waals surface area contributed by atoms with Crippen molar-refractivity contribution in [3.8, 4) is 5.75 Å². The number of nitrogens with one attached hydrogen (secondary N) is 1. The Morgan fingerprint density at radius 3 is 2.59 bits per heavy atom. The molecule has 3 aromatic rings. The zero-order valence-electron chi connectivity index (χ0n) is 18.5. The summed E-state index contributed by atoms with van der Waals surface area (Å²) in [5, 5.41) is 3.76. The van der Waals surface area contributed by atoms with Crippen LogP contribution < -0.4 is 10.1 Å².